The molecule has 1 N–H and O–H groups in total. The Bertz CT molecular complexity index is 1690. The molecule has 2 amide bonds. The van der Waals surface area contributed by atoms with Crippen LogP contribution < -0.4 is 14.4 Å². The number of rotatable bonds is 14. The van der Waals surface area contributed by atoms with Crippen molar-refractivity contribution in [3.05, 3.63) is 125 Å². The summed E-state index contributed by atoms with van der Waals surface area (Å²) in [6.45, 7) is 7.72. The minimum atomic E-state index is -4.23. The number of benzene rings is 4. The summed E-state index contributed by atoms with van der Waals surface area (Å²) >= 11 is 0. The van der Waals surface area contributed by atoms with E-state index in [9.17, 15) is 18.0 Å². The van der Waals surface area contributed by atoms with Crippen LogP contribution in [0.3, 0.4) is 0 Å². The number of hydrogen-bond donors (Lipinski definition) is 1. The molecule has 0 saturated carbocycles. The number of hydrogen-bond acceptors (Lipinski definition) is 5. The third kappa shape index (κ3) is 8.51. The van der Waals surface area contributed by atoms with Gasteiger partial charge in [-0.3, -0.25) is 13.9 Å². The van der Waals surface area contributed by atoms with Crippen molar-refractivity contribution in [1.29, 1.82) is 0 Å². The molecule has 0 unspecified atom stereocenters. The highest BCUT2D eigenvalue weighted by Crippen LogP contribution is 2.33. The lowest BCUT2D eigenvalue weighted by Gasteiger charge is -2.34. The van der Waals surface area contributed by atoms with Crippen molar-refractivity contribution >= 4 is 27.5 Å². The molecule has 236 valence electrons. The van der Waals surface area contributed by atoms with E-state index in [1.165, 1.54) is 17.0 Å². The van der Waals surface area contributed by atoms with Crippen LogP contribution in [0.1, 0.15) is 36.1 Å². The van der Waals surface area contributed by atoms with E-state index in [2.05, 4.69) is 5.32 Å². The van der Waals surface area contributed by atoms with Gasteiger partial charge in [0.15, 0.2) is 0 Å². The lowest BCUT2D eigenvalue weighted by Crippen LogP contribution is -2.53. The molecule has 0 bridgehead atoms. The molecule has 1 atom stereocenters. The van der Waals surface area contributed by atoms with E-state index < -0.39 is 28.5 Å². The van der Waals surface area contributed by atoms with Gasteiger partial charge in [-0.1, -0.05) is 90.0 Å². The van der Waals surface area contributed by atoms with Crippen LogP contribution >= 0.6 is 0 Å². The van der Waals surface area contributed by atoms with Gasteiger partial charge in [-0.25, -0.2) is 8.42 Å². The fourth-order valence-corrected chi connectivity index (χ4v) is 6.57. The summed E-state index contributed by atoms with van der Waals surface area (Å²) in [5, 5.41) is 2.89. The Hall–Kier alpha value is -4.63. The third-order valence-electron chi connectivity index (χ3n) is 7.38. The molecule has 4 rings (SSSR count). The van der Waals surface area contributed by atoms with Crippen molar-refractivity contribution in [2.24, 2.45) is 0 Å². The third-order valence-corrected chi connectivity index (χ3v) is 9.15. The minimum absolute atomic E-state index is 0.0435. The Morgan fingerprint density at radius 1 is 0.800 bits per heavy atom. The van der Waals surface area contributed by atoms with Crippen LogP contribution in [0.5, 0.6) is 5.75 Å². The lowest BCUT2D eigenvalue weighted by molar-refractivity contribution is -0.140. The van der Waals surface area contributed by atoms with Crippen LogP contribution in [-0.4, -0.2) is 50.9 Å². The molecule has 0 aliphatic carbocycles. The first-order valence-electron chi connectivity index (χ1n) is 15.1. The van der Waals surface area contributed by atoms with E-state index in [1.807, 2.05) is 82.3 Å². The number of anilines is 1. The molecule has 0 fully saturated rings. The summed E-state index contributed by atoms with van der Waals surface area (Å²) in [5.41, 5.74) is 3.85. The summed E-state index contributed by atoms with van der Waals surface area (Å²) in [6.07, 6.45) is 0.254. The fraction of sp³-hybridized carbons (Fsp3) is 0.278. The van der Waals surface area contributed by atoms with Crippen LogP contribution in [0.15, 0.2) is 108 Å². The molecule has 45 heavy (non-hydrogen) atoms. The van der Waals surface area contributed by atoms with Gasteiger partial charge in [0.05, 0.1) is 17.2 Å². The smallest absolute Gasteiger partial charge is 0.264 e. The average Bonchev–Trinajstić information content (AvgIpc) is 3.03. The van der Waals surface area contributed by atoms with Gasteiger partial charge in [0.2, 0.25) is 11.8 Å². The van der Waals surface area contributed by atoms with Crippen molar-refractivity contribution in [2.45, 2.75) is 51.6 Å². The maximum absolute atomic E-state index is 14.6. The Labute approximate surface area is 266 Å². The van der Waals surface area contributed by atoms with Crippen molar-refractivity contribution in [1.82, 2.24) is 10.2 Å². The van der Waals surface area contributed by atoms with Gasteiger partial charge in [0, 0.05) is 19.5 Å². The zero-order chi connectivity index (χ0) is 32.4. The monoisotopic (exact) mass is 627 g/mol. The van der Waals surface area contributed by atoms with Crippen molar-refractivity contribution in [3.63, 3.8) is 0 Å². The highest BCUT2D eigenvalue weighted by Gasteiger charge is 2.35. The zero-order valence-corrected chi connectivity index (χ0v) is 27.1. The van der Waals surface area contributed by atoms with Crippen LogP contribution in [0.2, 0.25) is 0 Å². The molecule has 0 aliphatic heterocycles. The van der Waals surface area contributed by atoms with E-state index in [0.29, 0.717) is 18.9 Å². The van der Waals surface area contributed by atoms with Gasteiger partial charge in [-0.2, -0.15) is 0 Å². The van der Waals surface area contributed by atoms with E-state index in [0.717, 1.165) is 26.6 Å². The molecule has 8 nitrogen and oxygen atoms in total. The second-order valence-corrected chi connectivity index (χ2v) is 12.7. The number of likely N-dealkylation sites (N-methyl/N-ethyl adjacent to an activating group) is 1. The normalized spacial score (nSPS) is 11.8. The number of amides is 2. The molecular formula is C36H41N3O5S. The molecule has 9 heteroatoms. The topological polar surface area (TPSA) is 96.0 Å². The van der Waals surface area contributed by atoms with Crippen molar-refractivity contribution in [3.8, 4) is 5.75 Å². The van der Waals surface area contributed by atoms with Gasteiger partial charge in [0.1, 0.15) is 18.3 Å². The molecule has 0 saturated heterocycles. The van der Waals surface area contributed by atoms with Crippen molar-refractivity contribution in [2.75, 3.05) is 24.0 Å². The van der Waals surface area contributed by atoms with Gasteiger partial charge in [-0.05, 0) is 63.1 Å². The maximum Gasteiger partial charge on any atom is 0.264 e. The Balaban J connectivity index is 1.83. The average molecular weight is 628 g/mol. The van der Waals surface area contributed by atoms with Crippen molar-refractivity contribution < 1.29 is 22.7 Å². The summed E-state index contributed by atoms with van der Waals surface area (Å²) in [5.74, 6) is -0.506. The Morgan fingerprint density at radius 3 is 2.13 bits per heavy atom. The summed E-state index contributed by atoms with van der Waals surface area (Å²) in [7, 11) is -4.23. The molecular weight excluding hydrogens is 586 g/mol. The van der Waals surface area contributed by atoms with E-state index in [4.69, 9.17) is 4.74 Å². The second kappa shape index (κ2) is 15.4. The highest BCUT2D eigenvalue weighted by atomic mass is 32.2. The van der Waals surface area contributed by atoms with Gasteiger partial charge >= 0.3 is 0 Å². The number of nitrogens with one attached hydrogen (secondary N) is 1. The van der Waals surface area contributed by atoms with Gasteiger partial charge in [-0.15, -0.1) is 0 Å². The first-order valence-corrected chi connectivity index (χ1v) is 16.6. The molecule has 4 aromatic carbocycles. The number of aryl methyl sites for hydroxylation is 2. The standard InChI is InChI=1S/C36H41N3O5S/c1-5-37-36(41)33(24-29-14-8-7-9-15-29)38(25-30-16-12-13-28(4)23-30)35(40)26-39(32-17-10-11-18-34(32)44-6-2)45(42,43)31-21-19-27(3)20-22-31/h7-23,33H,5-6,24-26H2,1-4H3,(H,37,41)/t33-/m1/s1. The number of carbonyl (C=O) groups excluding carboxylic acids is 2. The number of nitrogens with zero attached hydrogens (tertiary/aromatic N) is 2. The van der Waals surface area contributed by atoms with E-state index >= 15 is 0 Å². The van der Waals surface area contributed by atoms with Crippen LogP contribution in [0.25, 0.3) is 0 Å². The summed E-state index contributed by atoms with van der Waals surface area (Å²) in [4.78, 5) is 29.7. The fourth-order valence-electron chi connectivity index (χ4n) is 5.14. The summed E-state index contributed by atoms with van der Waals surface area (Å²) in [6, 6.07) is 29.6. The Kier molecular flexibility index (Phi) is 11.4. The van der Waals surface area contributed by atoms with Gasteiger partial charge in [0.25, 0.3) is 10.0 Å². The minimum Gasteiger partial charge on any atom is -0.492 e. The number of sulfonamides is 1. The second-order valence-electron chi connectivity index (χ2n) is 10.8. The number of para-hydroxylation sites is 2. The summed E-state index contributed by atoms with van der Waals surface area (Å²) < 4.78 is 35.5. The number of carbonyl (C=O) groups is 2. The van der Waals surface area contributed by atoms with E-state index in [-0.39, 0.29) is 29.5 Å². The molecule has 0 radical (unpaired) electrons. The zero-order valence-electron chi connectivity index (χ0n) is 26.3. The lowest BCUT2D eigenvalue weighted by atomic mass is 10.0. The quantitative estimate of drug-likeness (QED) is 0.194. The van der Waals surface area contributed by atoms with Gasteiger partial charge < -0.3 is 15.0 Å². The molecule has 0 spiro atoms. The molecule has 0 heterocycles. The maximum atomic E-state index is 14.6. The highest BCUT2D eigenvalue weighted by molar-refractivity contribution is 7.92. The first kappa shape index (κ1) is 33.3. The number of ether oxygens (including phenoxy) is 1. The molecule has 0 aliphatic rings. The SMILES string of the molecule is CCNC(=O)[C@@H](Cc1ccccc1)N(Cc1cccc(C)c1)C(=O)CN(c1ccccc1OCC)S(=O)(=O)c1ccc(C)cc1. The van der Waals surface area contributed by atoms with Crippen LogP contribution in [0.4, 0.5) is 5.69 Å². The predicted octanol–water partition coefficient (Wildman–Crippen LogP) is 5.67. The molecule has 0 aromatic heterocycles. The first-order chi connectivity index (χ1) is 21.6. The van der Waals surface area contributed by atoms with E-state index in [1.54, 1.807) is 36.4 Å². The predicted molar refractivity (Wildman–Crippen MR) is 178 cm³/mol. The molecule has 4 aromatic rings. The largest absolute Gasteiger partial charge is 0.492 e. The Morgan fingerprint density at radius 2 is 1.47 bits per heavy atom. The van der Waals surface area contributed by atoms with Crippen LogP contribution in [-0.2, 0) is 32.6 Å². The van der Waals surface area contributed by atoms with Crippen LogP contribution in [0, 0.1) is 13.8 Å².